The van der Waals surface area contributed by atoms with Gasteiger partial charge in [-0.3, -0.25) is 0 Å². The number of halogens is 1. The molecule has 0 aliphatic heterocycles. The van der Waals surface area contributed by atoms with E-state index in [1.807, 2.05) is 0 Å². The van der Waals surface area contributed by atoms with Crippen molar-refractivity contribution in [2.75, 3.05) is 0 Å². The summed E-state index contributed by atoms with van der Waals surface area (Å²) in [4.78, 5) is 0. The average Bonchev–Trinajstić information content (AvgIpc) is 3.47. The molecule has 0 radical (unpaired) electrons. The third-order valence-corrected chi connectivity index (χ3v) is 10.4. The van der Waals surface area contributed by atoms with E-state index >= 15 is 0 Å². The molecule has 0 N–H and O–H groups in total. The van der Waals surface area contributed by atoms with Crippen LogP contribution in [-0.2, 0) is 6.42 Å². The van der Waals surface area contributed by atoms with Gasteiger partial charge in [0.05, 0.1) is 0 Å². The molecule has 0 saturated heterocycles. The van der Waals surface area contributed by atoms with Crippen molar-refractivity contribution in [3.8, 4) is 33.4 Å². The fourth-order valence-corrected chi connectivity index (χ4v) is 8.29. The lowest BCUT2D eigenvalue weighted by Crippen LogP contribution is -1.92. The summed E-state index contributed by atoms with van der Waals surface area (Å²) in [5.41, 5.74) is 13.5. The van der Waals surface area contributed by atoms with Gasteiger partial charge in [0.25, 0.3) is 0 Å². The van der Waals surface area contributed by atoms with E-state index < -0.39 is 0 Å². The molecule has 7 aromatic carbocycles. The molecule has 208 valence electrons. The van der Waals surface area contributed by atoms with Gasteiger partial charge in [-0.25, -0.2) is 0 Å². The van der Waals surface area contributed by atoms with Gasteiger partial charge in [0.15, 0.2) is 0 Å². The molecule has 0 bridgehead atoms. The van der Waals surface area contributed by atoms with Gasteiger partial charge in [0.1, 0.15) is 0 Å². The lowest BCUT2D eigenvalue weighted by atomic mass is 9.85. The molecule has 0 fully saturated rings. The minimum atomic E-state index is 0.982. The van der Waals surface area contributed by atoms with Crippen LogP contribution in [0.3, 0.4) is 0 Å². The first-order valence-electron chi connectivity index (χ1n) is 15.5. The Morgan fingerprint density at radius 1 is 0.455 bits per heavy atom. The summed E-state index contributed by atoms with van der Waals surface area (Å²) in [5, 5.41) is 7.59. The van der Waals surface area contributed by atoms with Crippen LogP contribution in [0.2, 0.25) is 0 Å². The van der Waals surface area contributed by atoms with Gasteiger partial charge < -0.3 is 0 Å². The van der Waals surface area contributed by atoms with Crippen molar-refractivity contribution in [1.82, 2.24) is 0 Å². The molecular formula is C43H29Br. The molecular weight excluding hydrogens is 596 g/mol. The predicted octanol–water partition coefficient (Wildman–Crippen LogP) is 12.5. The SMILES string of the molecule is Brc1c2ccccc2c(-c2ccc(-c3cccc4c3-c3ccc(C5=CCCC=C5)cc3C4)c3ccccc23)c2ccccc12. The van der Waals surface area contributed by atoms with Crippen LogP contribution in [0.5, 0.6) is 0 Å². The molecule has 7 aromatic rings. The van der Waals surface area contributed by atoms with E-state index in [0.717, 1.165) is 23.7 Å². The van der Waals surface area contributed by atoms with Gasteiger partial charge in [-0.2, -0.15) is 0 Å². The minimum absolute atomic E-state index is 0.982. The van der Waals surface area contributed by atoms with Crippen LogP contribution >= 0.6 is 15.9 Å². The van der Waals surface area contributed by atoms with Crippen molar-refractivity contribution >= 4 is 53.8 Å². The second kappa shape index (κ2) is 10.2. The number of allylic oxidation sites excluding steroid dienone is 4. The molecule has 9 rings (SSSR count). The zero-order chi connectivity index (χ0) is 29.2. The zero-order valence-corrected chi connectivity index (χ0v) is 25.9. The first-order valence-corrected chi connectivity index (χ1v) is 16.3. The van der Waals surface area contributed by atoms with Crippen LogP contribution in [0.15, 0.2) is 144 Å². The molecule has 2 aliphatic rings. The highest BCUT2D eigenvalue weighted by Gasteiger charge is 2.24. The molecule has 0 spiro atoms. The highest BCUT2D eigenvalue weighted by atomic mass is 79.9. The van der Waals surface area contributed by atoms with Crippen LogP contribution in [0.1, 0.15) is 29.5 Å². The second-order valence-electron chi connectivity index (χ2n) is 12.0. The van der Waals surface area contributed by atoms with E-state index in [2.05, 4.69) is 155 Å². The van der Waals surface area contributed by atoms with Crippen LogP contribution in [0.4, 0.5) is 0 Å². The Kier molecular flexibility index (Phi) is 5.96. The summed E-state index contributed by atoms with van der Waals surface area (Å²) in [7, 11) is 0. The maximum absolute atomic E-state index is 3.94. The fourth-order valence-electron chi connectivity index (χ4n) is 7.60. The van der Waals surface area contributed by atoms with E-state index in [-0.39, 0.29) is 0 Å². The van der Waals surface area contributed by atoms with Gasteiger partial charge in [0.2, 0.25) is 0 Å². The number of hydrogen-bond donors (Lipinski definition) is 0. The highest BCUT2D eigenvalue weighted by molar-refractivity contribution is 9.10. The normalized spacial score (nSPS) is 13.8. The summed E-state index contributed by atoms with van der Waals surface area (Å²) < 4.78 is 1.16. The second-order valence-corrected chi connectivity index (χ2v) is 12.8. The Bertz CT molecular complexity index is 2310. The Hall–Kier alpha value is -4.72. The maximum atomic E-state index is 3.94. The smallest absolute Gasteiger partial charge is 0.0332 e. The van der Waals surface area contributed by atoms with Crippen molar-refractivity contribution in [2.45, 2.75) is 19.3 Å². The van der Waals surface area contributed by atoms with Crippen molar-refractivity contribution in [3.05, 3.63) is 161 Å². The Balaban J connectivity index is 1.27. The van der Waals surface area contributed by atoms with Crippen LogP contribution in [0.25, 0.3) is 71.3 Å². The number of fused-ring (bicyclic) bond motifs is 6. The number of hydrogen-bond acceptors (Lipinski definition) is 0. The van der Waals surface area contributed by atoms with E-state index in [0.29, 0.717) is 0 Å². The summed E-state index contributed by atoms with van der Waals surface area (Å²) in [5.74, 6) is 0. The van der Waals surface area contributed by atoms with Crippen molar-refractivity contribution in [1.29, 1.82) is 0 Å². The predicted molar refractivity (Wildman–Crippen MR) is 192 cm³/mol. The van der Waals surface area contributed by atoms with E-state index in [9.17, 15) is 0 Å². The molecule has 0 atom stereocenters. The lowest BCUT2D eigenvalue weighted by Gasteiger charge is -2.18. The summed E-state index contributed by atoms with van der Waals surface area (Å²) >= 11 is 3.94. The molecule has 2 aliphatic carbocycles. The third-order valence-electron chi connectivity index (χ3n) is 9.58. The molecule has 0 amide bonds. The van der Waals surface area contributed by atoms with E-state index in [1.54, 1.807) is 0 Å². The van der Waals surface area contributed by atoms with Gasteiger partial charge >= 0.3 is 0 Å². The Labute approximate surface area is 266 Å². The molecule has 0 aromatic heterocycles. The molecule has 1 heteroatoms. The van der Waals surface area contributed by atoms with Crippen LogP contribution in [0, 0.1) is 0 Å². The first kappa shape index (κ1) is 25.7. The van der Waals surface area contributed by atoms with Gasteiger partial charge in [-0.05, 0) is 123 Å². The molecule has 0 unspecified atom stereocenters. The van der Waals surface area contributed by atoms with E-state index in [4.69, 9.17) is 0 Å². The molecule has 0 saturated carbocycles. The van der Waals surface area contributed by atoms with E-state index in [1.165, 1.54) is 88.0 Å². The Morgan fingerprint density at radius 2 is 1.09 bits per heavy atom. The van der Waals surface area contributed by atoms with Crippen molar-refractivity contribution < 1.29 is 0 Å². The van der Waals surface area contributed by atoms with Crippen LogP contribution < -0.4 is 0 Å². The molecule has 44 heavy (non-hydrogen) atoms. The summed E-state index contributed by atoms with van der Waals surface area (Å²) in [6, 6.07) is 45.2. The Morgan fingerprint density at radius 3 is 1.80 bits per heavy atom. The van der Waals surface area contributed by atoms with Gasteiger partial charge in [-0.15, -0.1) is 0 Å². The quantitative estimate of drug-likeness (QED) is 0.171. The van der Waals surface area contributed by atoms with Gasteiger partial charge in [0, 0.05) is 4.47 Å². The van der Waals surface area contributed by atoms with Gasteiger partial charge in [-0.1, -0.05) is 140 Å². The van der Waals surface area contributed by atoms with Crippen LogP contribution in [-0.4, -0.2) is 0 Å². The fraction of sp³-hybridized carbons (Fsp3) is 0.0698. The standard InChI is InChI=1S/C43H29Br/c44-43-39-18-8-6-16-36(39)42(37-17-7-9-19-40(37)43)38-24-23-34(32-14-4-5-15-33(32)38)35-20-10-13-29-26-30-25-28(21-22-31(30)41(29)35)27-11-2-1-3-12-27/h2,4-25H,1,3,26H2. The zero-order valence-electron chi connectivity index (χ0n) is 24.3. The lowest BCUT2D eigenvalue weighted by molar-refractivity contribution is 1.04. The minimum Gasteiger partial charge on any atom is -0.0836 e. The topological polar surface area (TPSA) is 0 Å². The summed E-state index contributed by atoms with van der Waals surface area (Å²) in [6.45, 7) is 0. The maximum Gasteiger partial charge on any atom is 0.0332 e. The van der Waals surface area contributed by atoms with Crippen molar-refractivity contribution in [3.63, 3.8) is 0 Å². The molecule has 0 nitrogen and oxygen atoms in total. The average molecular weight is 626 g/mol. The third kappa shape index (κ3) is 3.89. The number of rotatable bonds is 3. The largest absolute Gasteiger partial charge is 0.0836 e. The van der Waals surface area contributed by atoms with Crippen molar-refractivity contribution in [2.24, 2.45) is 0 Å². The first-order chi connectivity index (χ1) is 21.8. The molecule has 0 heterocycles. The monoisotopic (exact) mass is 624 g/mol. The summed E-state index contributed by atoms with van der Waals surface area (Å²) in [6.07, 6.45) is 10.2. The highest BCUT2D eigenvalue weighted by Crippen LogP contribution is 2.48. The number of benzene rings is 7.